The summed E-state index contributed by atoms with van der Waals surface area (Å²) in [6, 6.07) is 8.35. The zero-order valence-electron chi connectivity index (χ0n) is 13.3. The van der Waals surface area contributed by atoms with Crippen LogP contribution in [0, 0.1) is 0 Å². The number of hydrogen-bond acceptors (Lipinski definition) is 2. The minimum absolute atomic E-state index is 0.0134. The quantitative estimate of drug-likeness (QED) is 0.843. The Bertz CT molecular complexity index is 523. The third-order valence-electron chi connectivity index (χ3n) is 3.99. The lowest BCUT2D eigenvalue weighted by atomic mass is 9.94. The fourth-order valence-electron chi connectivity index (χ4n) is 3.28. The molecule has 1 aromatic carbocycles. The highest BCUT2D eigenvalue weighted by Crippen LogP contribution is 2.48. The summed E-state index contributed by atoms with van der Waals surface area (Å²) in [6.45, 7) is 7.84. The first kappa shape index (κ1) is 16.3. The minimum Gasteiger partial charge on any atom is -0.351 e. The van der Waals surface area contributed by atoms with Gasteiger partial charge in [-0.05, 0) is 51.7 Å². The van der Waals surface area contributed by atoms with Gasteiger partial charge in [-0.25, -0.2) is 0 Å². The summed E-state index contributed by atoms with van der Waals surface area (Å²) in [6.07, 6.45) is 3.10. The van der Waals surface area contributed by atoms with Gasteiger partial charge in [0.15, 0.2) is 0 Å². The van der Waals surface area contributed by atoms with E-state index in [0.29, 0.717) is 6.04 Å². The van der Waals surface area contributed by atoms with Crippen molar-refractivity contribution >= 4 is 17.5 Å². The van der Waals surface area contributed by atoms with Crippen molar-refractivity contribution in [3.8, 4) is 0 Å². The molecule has 1 saturated carbocycles. The molecule has 1 aliphatic carbocycles. The maximum atomic E-state index is 11.3. The molecule has 1 aromatic rings. The second-order valence-corrected chi connectivity index (χ2v) is 7.28. The van der Waals surface area contributed by atoms with Gasteiger partial charge in [0.25, 0.3) is 0 Å². The number of nitrogens with one attached hydrogen (secondary N) is 2. The summed E-state index contributed by atoms with van der Waals surface area (Å²) in [5.74, 6) is 0.0134. The lowest BCUT2D eigenvalue weighted by Crippen LogP contribution is -2.48. The summed E-state index contributed by atoms with van der Waals surface area (Å²) in [4.78, 5) is 11.3. The number of halogens is 1. The van der Waals surface area contributed by atoms with E-state index >= 15 is 0 Å². The molecule has 1 fully saturated rings. The zero-order valence-corrected chi connectivity index (χ0v) is 14.1. The molecule has 0 heterocycles. The molecule has 21 heavy (non-hydrogen) atoms. The van der Waals surface area contributed by atoms with E-state index in [1.807, 2.05) is 18.2 Å². The smallest absolute Gasteiger partial charge is 0.217 e. The fraction of sp³-hybridized carbons (Fsp3) is 0.588. The molecule has 0 unspecified atom stereocenters. The van der Waals surface area contributed by atoms with Gasteiger partial charge in [0.2, 0.25) is 5.91 Å². The molecule has 2 rings (SSSR count). The molecule has 4 heteroatoms. The highest BCUT2D eigenvalue weighted by atomic mass is 35.5. The molecule has 1 amide bonds. The van der Waals surface area contributed by atoms with E-state index in [-0.39, 0.29) is 17.0 Å². The van der Waals surface area contributed by atoms with Crippen LogP contribution in [0.5, 0.6) is 0 Å². The van der Waals surface area contributed by atoms with Crippen molar-refractivity contribution in [3.05, 3.63) is 34.9 Å². The number of benzene rings is 1. The van der Waals surface area contributed by atoms with Crippen LogP contribution in [-0.2, 0) is 10.3 Å². The number of amides is 1. The first-order chi connectivity index (χ1) is 9.74. The molecule has 0 aliphatic heterocycles. The Labute approximate surface area is 132 Å². The van der Waals surface area contributed by atoms with Crippen LogP contribution in [0.25, 0.3) is 0 Å². The largest absolute Gasteiger partial charge is 0.351 e. The Balaban J connectivity index is 2.01. The number of hydrogen-bond donors (Lipinski definition) is 2. The van der Waals surface area contributed by atoms with Gasteiger partial charge < -0.3 is 10.6 Å². The van der Waals surface area contributed by atoms with Crippen molar-refractivity contribution in [2.75, 3.05) is 0 Å². The molecule has 116 valence electrons. The van der Waals surface area contributed by atoms with Crippen molar-refractivity contribution in [2.45, 2.75) is 64.1 Å². The molecular weight excluding hydrogens is 284 g/mol. The Morgan fingerprint density at radius 3 is 2.52 bits per heavy atom. The van der Waals surface area contributed by atoms with E-state index in [1.165, 1.54) is 5.56 Å². The van der Waals surface area contributed by atoms with Gasteiger partial charge in [0, 0.05) is 29.1 Å². The maximum Gasteiger partial charge on any atom is 0.217 e. The van der Waals surface area contributed by atoms with Crippen LogP contribution >= 0.6 is 11.6 Å². The summed E-state index contributed by atoms with van der Waals surface area (Å²) < 4.78 is 0. The van der Waals surface area contributed by atoms with E-state index in [4.69, 9.17) is 11.6 Å². The van der Waals surface area contributed by atoms with E-state index < -0.39 is 0 Å². The number of carbonyl (C=O) groups excluding carboxylic acids is 1. The van der Waals surface area contributed by atoms with Crippen LogP contribution in [0.4, 0.5) is 0 Å². The Morgan fingerprint density at radius 1 is 1.38 bits per heavy atom. The highest BCUT2D eigenvalue weighted by Gasteiger charge is 2.46. The summed E-state index contributed by atoms with van der Waals surface area (Å²) in [5.41, 5.74) is 0.995. The van der Waals surface area contributed by atoms with E-state index in [9.17, 15) is 4.79 Å². The number of rotatable bonds is 6. The van der Waals surface area contributed by atoms with Gasteiger partial charge in [-0.2, -0.15) is 0 Å². The monoisotopic (exact) mass is 308 g/mol. The summed E-state index contributed by atoms with van der Waals surface area (Å²) in [7, 11) is 0. The van der Waals surface area contributed by atoms with Crippen molar-refractivity contribution in [1.29, 1.82) is 0 Å². The average Bonchev–Trinajstić information content (AvgIpc) is 3.07. The third-order valence-corrected chi connectivity index (χ3v) is 4.32. The highest BCUT2D eigenvalue weighted by molar-refractivity contribution is 6.31. The lowest BCUT2D eigenvalue weighted by Gasteiger charge is -2.32. The molecule has 0 bridgehead atoms. The van der Waals surface area contributed by atoms with Crippen molar-refractivity contribution in [1.82, 2.24) is 10.6 Å². The molecule has 1 atom stereocenters. The van der Waals surface area contributed by atoms with Gasteiger partial charge in [-0.15, -0.1) is 0 Å². The SMILES string of the molecule is CC(=O)NC(C)(C)C[C@@H](C)NC1(c2ccccc2Cl)CC1. The molecule has 2 N–H and O–H groups in total. The van der Waals surface area contributed by atoms with E-state index in [0.717, 1.165) is 24.3 Å². The van der Waals surface area contributed by atoms with Crippen LogP contribution in [0.15, 0.2) is 24.3 Å². The van der Waals surface area contributed by atoms with Gasteiger partial charge in [-0.1, -0.05) is 29.8 Å². The standard InChI is InChI=1S/C17H25ClN2O/c1-12(11-16(3,4)20-13(2)21)19-17(9-10-17)14-7-5-6-8-15(14)18/h5-8,12,19H,9-11H2,1-4H3,(H,20,21)/t12-/m1/s1. The molecule has 0 saturated heterocycles. The van der Waals surface area contributed by atoms with Crippen LogP contribution in [-0.4, -0.2) is 17.5 Å². The third kappa shape index (κ3) is 4.21. The van der Waals surface area contributed by atoms with Crippen LogP contribution in [0.2, 0.25) is 5.02 Å². The van der Waals surface area contributed by atoms with Crippen LogP contribution < -0.4 is 10.6 Å². The van der Waals surface area contributed by atoms with Gasteiger partial charge in [0.1, 0.15) is 0 Å². The second-order valence-electron chi connectivity index (χ2n) is 6.88. The summed E-state index contributed by atoms with van der Waals surface area (Å²) in [5, 5.41) is 7.55. The van der Waals surface area contributed by atoms with Gasteiger partial charge in [-0.3, -0.25) is 4.79 Å². The first-order valence-corrected chi connectivity index (χ1v) is 7.93. The maximum absolute atomic E-state index is 11.3. The topological polar surface area (TPSA) is 41.1 Å². The van der Waals surface area contributed by atoms with E-state index in [2.05, 4.69) is 37.5 Å². The zero-order chi connectivity index (χ0) is 15.7. The van der Waals surface area contributed by atoms with Crippen molar-refractivity contribution in [2.24, 2.45) is 0 Å². The predicted octanol–water partition coefficient (Wildman–Crippen LogP) is 3.61. The normalized spacial score (nSPS) is 18.1. The Kier molecular flexibility index (Phi) is 4.64. The molecule has 3 nitrogen and oxygen atoms in total. The first-order valence-electron chi connectivity index (χ1n) is 7.56. The van der Waals surface area contributed by atoms with Crippen LogP contribution in [0.1, 0.15) is 52.5 Å². The van der Waals surface area contributed by atoms with E-state index in [1.54, 1.807) is 6.92 Å². The lowest BCUT2D eigenvalue weighted by molar-refractivity contribution is -0.120. The summed E-state index contributed by atoms with van der Waals surface area (Å²) >= 11 is 6.34. The second kappa shape index (κ2) is 5.98. The van der Waals surface area contributed by atoms with Crippen molar-refractivity contribution < 1.29 is 4.79 Å². The predicted molar refractivity (Wildman–Crippen MR) is 87.5 cm³/mol. The van der Waals surface area contributed by atoms with Crippen LogP contribution in [0.3, 0.4) is 0 Å². The minimum atomic E-state index is -0.213. The fourth-order valence-corrected chi connectivity index (χ4v) is 3.60. The molecule has 1 aliphatic rings. The Morgan fingerprint density at radius 2 is 2.00 bits per heavy atom. The molecule has 0 spiro atoms. The molecule has 0 radical (unpaired) electrons. The Hall–Kier alpha value is -1.06. The van der Waals surface area contributed by atoms with Gasteiger partial charge in [0.05, 0.1) is 0 Å². The number of carbonyl (C=O) groups is 1. The van der Waals surface area contributed by atoms with Crippen molar-refractivity contribution in [3.63, 3.8) is 0 Å². The molecular formula is C17H25ClN2O. The average molecular weight is 309 g/mol. The molecule has 0 aromatic heterocycles. The van der Waals surface area contributed by atoms with Gasteiger partial charge >= 0.3 is 0 Å².